The lowest BCUT2D eigenvalue weighted by Crippen LogP contribution is -2.47. The fourth-order valence-corrected chi connectivity index (χ4v) is 4.13. The first-order valence-corrected chi connectivity index (χ1v) is 10.3. The molecule has 1 saturated heterocycles. The molecule has 2 aliphatic heterocycles. The standard InChI is InChI=1S/C21H26N6O2/c28-10-1-4-25-5-7-26(8-6-25)21-22-13-17(14-23-21)16-2-3-18-19(12-16)27-9-11-29-15-20(27)24-18/h2-3,12-14,28H,1,4-11,15H2. The van der Waals surface area contributed by atoms with Crippen LogP contribution in [0, 0.1) is 0 Å². The molecule has 1 fully saturated rings. The lowest BCUT2D eigenvalue weighted by Gasteiger charge is -2.34. The summed E-state index contributed by atoms with van der Waals surface area (Å²) in [6.45, 7) is 7.17. The maximum absolute atomic E-state index is 8.98. The van der Waals surface area contributed by atoms with Crippen LogP contribution in [0.2, 0.25) is 0 Å². The molecule has 0 spiro atoms. The Bertz CT molecular complexity index is 979. The molecule has 0 amide bonds. The number of ether oxygens (including phenoxy) is 1. The molecule has 1 aromatic carbocycles. The molecule has 0 atom stereocenters. The number of aromatic nitrogens is 4. The van der Waals surface area contributed by atoms with E-state index in [2.05, 4.69) is 47.5 Å². The van der Waals surface area contributed by atoms with Crippen molar-refractivity contribution in [3.63, 3.8) is 0 Å². The Morgan fingerprint density at radius 2 is 1.83 bits per heavy atom. The summed E-state index contributed by atoms with van der Waals surface area (Å²) in [6.07, 6.45) is 4.67. The van der Waals surface area contributed by atoms with E-state index in [1.54, 1.807) is 0 Å². The molecule has 0 aliphatic carbocycles. The topological polar surface area (TPSA) is 79.5 Å². The molecule has 29 heavy (non-hydrogen) atoms. The van der Waals surface area contributed by atoms with Crippen molar-refractivity contribution < 1.29 is 9.84 Å². The van der Waals surface area contributed by atoms with Gasteiger partial charge in [-0.1, -0.05) is 6.07 Å². The van der Waals surface area contributed by atoms with Crippen molar-refractivity contribution in [2.24, 2.45) is 0 Å². The van der Waals surface area contributed by atoms with E-state index in [0.717, 1.165) is 86.2 Å². The van der Waals surface area contributed by atoms with E-state index in [1.807, 2.05) is 12.4 Å². The monoisotopic (exact) mass is 394 g/mol. The average molecular weight is 394 g/mol. The highest BCUT2D eigenvalue weighted by atomic mass is 16.5. The molecular weight excluding hydrogens is 368 g/mol. The number of imidazole rings is 1. The van der Waals surface area contributed by atoms with Crippen LogP contribution >= 0.6 is 0 Å². The predicted octanol–water partition coefficient (Wildman–Crippen LogP) is 1.53. The smallest absolute Gasteiger partial charge is 0.225 e. The first-order chi connectivity index (χ1) is 14.3. The van der Waals surface area contributed by atoms with E-state index in [4.69, 9.17) is 9.84 Å². The number of hydrogen-bond donors (Lipinski definition) is 1. The normalized spacial score (nSPS) is 17.6. The minimum absolute atomic E-state index is 0.256. The van der Waals surface area contributed by atoms with Crippen molar-refractivity contribution in [3.05, 3.63) is 36.4 Å². The highest BCUT2D eigenvalue weighted by molar-refractivity contribution is 5.82. The zero-order valence-electron chi connectivity index (χ0n) is 16.5. The third-order valence-electron chi connectivity index (χ3n) is 5.78. The highest BCUT2D eigenvalue weighted by Gasteiger charge is 2.19. The summed E-state index contributed by atoms with van der Waals surface area (Å²) < 4.78 is 7.76. The van der Waals surface area contributed by atoms with Crippen LogP contribution in [0.3, 0.4) is 0 Å². The van der Waals surface area contributed by atoms with E-state index in [1.165, 1.54) is 0 Å². The van der Waals surface area contributed by atoms with Crippen molar-refractivity contribution in [2.75, 3.05) is 50.8 Å². The molecule has 0 unspecified atom stereocenters. The summed E-state index contributed by atoms with van der Waals surface area (Å²) in [6, 6.07) is 6.32. The molecule has 0 bridgehead atoms. The van der Waals surface area contributed by atoms with Crippen LogP contribution in [0.25, 0.3) is 22.2 Å². The van der Waals surface area contributed by atoms with Crippen LogP contribution < -0.4 is 4.90 Å². The van der Waals surface area contributed by atoms with Crippen molar-refractivity contribution in [2.45, 2.75) is 19.6 Å². The molecule has 4 heterocycles. The SMILES string of the molecule is OCCCN1CCN(c2ncc(-c3ccc4nc5n(c4c3)CCOC5)cn2)CC1. The number of aliphatic hydroxyl groups excluding tert-OH is 1. The number of rotatable bonds is 5. The fourth-order valence-electron chi connectivity index (χ4n) is 4.13. The van der Waals surface area contributed by atoms with Gasteiger partial charge in [0.1, 0.15) is 12.4 Å². The third-order valence-corrected chi connectivity index (χ3v) is 5.78. The van der Waals surface area contributed by atoms with Crippen LogP contribution in [0.4, 0.5) is 5.95 Å². The van der Waals surface area contributed by atoms with Gasteiger partial charge in [0.2, 0.25) is 5.95 Å². The number of piperazine rings is 1. The number of hydrogen-bond acceptors (Lipinski definition) is 7. The second-order valence-electron chi connectivity index (χ2n) is 7.61. The number of anilines is 1. The maximum Gasteiger partial charge on any atom is 0.225 e. The van der Waals surface area contributed by atoms with Crippen molar-refractivity contribution in [1.82, 2.24) is 24.4 Å². The van der Waals surface area contributed by atoms with E-state index < -0.39 is 0 Å². The van der Waals surface area contributed by atoms with E-state index in [0.29, 0.717) is 6.61 Å². The van der Waals surface area contributed by atoms with Crippen LogP contribution in [0.15, 0.2) is 30.6 Å². The Labute approximate surface area is 169 Å². The van der Waals surface area contributed by atoms with Crippen LogP contribution in [-0.2, 0) is 17.9 Å². The zero-order valence-corrected chi connectivity index (χ0v) is 16.5. The van der Waals surface area contributed by atoms with Gasteiger partial charge in [0.05, 0.1) is 17.6 Å². The minimum atomic E-state index is 0.256. The molecular formula is C21H26N6O2. The highest BCUT2D eigenvalue weighted by Crippen LogP contribution is 2.26. The number of fused-ring (bicyclic) bond motifs is 3. The first kappa shape index (κ1) is 18.5. The Morgan fingerprint density at radius 3 is 2.62 bits per heavy atom. The van der Waals surface area contributed by atoms with Crippen molar-refractivity contribution in [3.8, 4) is 11.1 Å². The summed E-state index contributed by atoms with van der Waals surface area (Å²) >= 11 is 0. The van der Waals surface area contributed by atoms with Gasteiger partial charge in [-0.05, 0) is 24.1 Å². The summed E-state index contributed by atoms with van der Waals surface area (Å²) in [4.78, 5) is 18.6. The summed E-state index contributed by atoms with van der Waals surface area (Å²) in [5, 5.41) is 8.98. The predicted molar refractivity (Wildman–Crippen MR) is 111 cm³/mol. The molecule has 2 aromatic heterocycles. The van der Waals surface area contributed by atoms with Gasteiger partial charge in [-0.3, -0.25) is 4.90 Å². The number of nitrogens with zero attached hydrogens (tertiary/aromatic N) is 6. The lowest BCUT2D eigenvalue weighted by molar-refractivity contribution is 0.0830. The average Bonchev–Trinajstić information content (AvgIpc) is 3.16. The largest absolute Gasteiger partial charge is 0.396 e. The molecule has 2 aliphatic rings. The fraction of sp³-hybridized carbons (Fsp3) is 0.476. The van der Waals surface area contributed by atoms with Crippen molar-refractivity contribution >= 4 is 17.0 Å². The molecule has 0 saturated carbocycles. The molecule has 3 aromatic rings. The molecule has 8 nitrogen and oxygen atoms in total. The Hall–Kier alpha value is -2.55. The van der Waals surface area contributed by atoms with Gasteiger partial charge < -0.3 is 19.3 Å². The summed E-state index contributed by atoms with van der Waals surface area (Å²) in [7, 11) is 0. The quantitative estimate of drug-likeness (QED) is 0.703. The van der Waals surface area contributed by atoms with Gasteiger partial charge in [0, 0.05) is 63.8 Å². The summed E-state index contributed by atoms with van der Waals surface area (Å²) in [5.41, 5.74) is 4.27. The van der Waals surface area contributed by atoms with Crippen LogP contribution in [0.1, 0.15) is 12.2 Å². The first-order valence-electron chi connectivity index (χ1n) is 10.3. The van der Waals surface area contributed by atoms with Gasteiger partial charge in [-0.15, -0.1) is 0 Å². The van der Waals surface area contributed by atoms with Crippen LogP contribution in [0.5, 0.6) is 0 Å². The Kier molecular flexibility index (Phi) is 5.13. The van der Waals surface area contributed by atoms with Gasteiger partial charge in [-0.2, -0.15) is 0 Å². The molecule has 152 valence electrons. The van der Waals surface area contributed by atoms with Gasteiger partial charge in [0.25, 0.3) is 0 Å². The molecule has 8 heteroatoms. The zero-order chi connectivity index (χ0) is 19.6. The molecule has 0 radical (unpaired) electrons. The Balaban J connectivity index is 1.31. The van der Waals surface area contributed by atoms with Crippen LogP contribution in [-0.4, -0.2) is 75.5 Å². The maximum atomic E-state index is 8.98. The van der Waals surface area contributed by atoms with E-state index in [-0.39, 0.29) is 6.61 Å². The Morgan fingerprint density at radius 1 is 1.00 bits per heavy atom. The van der Waals surface area contributed by atoms with E-state index >= 15 is 0 Å². The third kappa shape index (κ3) is 3.71. The van der Waals surface area contributed by atoms with E-state index in [9.17, 15) is 0 Å². The number of aliphatic hydroxyl groups is 1. The lowest BCUT2D eigenvalue weighted by atomic mass is 10.1. The van der Waals surface area contributed by atoms with Crippen molar-refractivity contribution in [1.29, 1.82) is 0 Å². The van der Waals surface area contributed by atoms with Gasteiger partial charge >= 0.3 is 0 Å². The second kappa shape index (κ2) is 8.06. The second-order valence-corrected chi connectivity index (χ2v) is 7.61. The molecule has 5 rings (SSSR count). The number of benzene rings is 1. The minimum Gasteiger partial charge on any atom is -0.396 e. The summed E-state index contributed by atoms with van der Waals surface area (Å²) in [5.74, 6) is 1.78. The van der Waals surface area contributed by atoms with Gasteiger partial charge in [0.15, 0.2) is 0 Å². The van der Waals surface area contributed by atoms with Gasteiger partial charge in [-0.25, -0.2) is 15.0 Å². The molecule has 1 N–H and O–H groups in total.